The molecule has 2 aliphatic carbocycles. The number of benzene rings is 1. The molecule has 2 heterocycles. The van der Waals surface area contributed by atoms with Gasteiger partial charge in [0, 0.05) is 30.5 Å². The number of hydrogen-bond acceptors (Lipinski definition) is 4. The second kappa shape index (κ2) is 9.97. The number of pyridine rings is 1. The number of carbonyl (C=O) groups is 2. The van der Waals surface area contributed by atoms with Gasteiger partial charge >= 0.3 is 6.03 Å². The fourth-order valence-corrected chi connectivity index (χ4v) is 6.58. The summed E-state index contributed by atoms with van der Waals surface area (Å²) >= 11 is 0. The highest BCUT2D eigenvalue weighted by atomic mass is 16.2. The number of urea groups is 1. The molecule has 192 valence electrons. The first-order chi connectivity index (χ1) is 17.3. The summed E-state index contributed by atoms with van der Waals surface area (Å²) in [6.07, 6.45) is 9.70. The summed E-state index contributed by atoms with van der Waals surface area (Å²) in [6, 6.07) is 14.8. The maximum absolute atomic E-state index is 13.7. The van der Waals surface area contributed by atoms with Crippen molar-refractivity contribution in [1.29, 1.82) is 0 Å². The Labute approximate surface area is 215 Å². The van der Waals surface area contributed by atoms with Crippen LogP contribution >= 0.6 is 0 Å². The molecule has 3 fully saturated rings. The van der Waals surface area contributed by atoms with Gasteiger partial charge in [0.25, 0.3) is 0 Å². The summed E-state index contributed by atoms with van der Waals surface area (Å²) < 4.78 is 0. The molecule has 0 radical (unpaired) electrons. The van der Waals surface area contributed by atoms with Crippen LogP contribution < -0.4 is 0 Å². The van der Waals surface area contributed by atoms with E-state index in [2.05, 4.69) is 59.2 Å². The number of amides is 2. The lowest BCUT2D eigenvalue weighted by atomic mass is 9.68. The van der Waals surface area contributed by atoms with Gasteiger partial charge < -0.3 is 9.80 Å². The Balaban J connectivity index is 1.33. The third-order valence-corrected chi connectivity index (χ3v) is 9.12. The number of aromatic nitrogens is 1. The fourth-order valence-electron chi connectivity index (χ4n) is 6.58. The van der Waals surface area contributed by atoms with Crippen LogP contribution in [0.25, 0.3) is 0 Å². The van der Waals surface area contributed by atoms with Crippen molar-refractivity contribution in [2.24, 2.45) is 5.92 Å². The van der Waals surface area contributed by atoms with Crippen LogP contribution in [0.4, 0.5) is 4.79 Å². The van der Waals surface area contributed by atoms with Crippen LogP contribution in [-0.2, 0) is 16.8 Å². The van der Waals surface area contributed by atoms with E-state index < -0.39 is 0 Å². The zero-order valence-electron chi connectivity index (χ0n) is 22.1. The molecule has 2 saturated carbocycles. The van der Waals surface area contributed by atoms with Crippen molar-refractivity contribution >= 4 is 11.8 Å². The summed E-state index contributed by atoms with van der Waals surface area (Å²) in [5, 5.41) is 0. The Hall–Kier alpha value is -2.73. The quantitative estimate of drug-likeness (QED) is 0.535. The highest BCUT2D eigenvalue weighted by molar-refractivity contribution is 5.88. The van der Waals surface area contributed by atoms with E-state index in [0.717, 1.165) is 43.5 Å². The Morgan fingerprint density at radius 2 is 1.78 bits per heavy atom. The average molecular weight is 489 g/mol. The Morgan fingerprint density at radius 1 is 1.06 bits per heavy atom. The van der Waals surface area contributed by atoms with Crippen molar-refractivity contribution in [3.63, 3.8) is 0 Å². The molecule has 36 heavy (non-hydrogen) atoms. The van der Waals surface area contributed by atoms with Crippen LogP contribution in [-0.4, -0.2) is 70.8 Å². The van der Waals surface area contributed by atoms with E-state index in [1.54, 1.807) is 6.20 Å². The molecule has 1 aliphatic heterocycles. The van der Waals surface area contributed by atoms with Crippen LogP contribution in [0.5, 0.6) is 0 Å². The van der Waals surface area contributed by atoms with Crippen LogP contribution in [0.2, 0.25) is 0 Å². The van der Waals surface area contributed by atoms with Crippen molar-refractivity contribution < 1.29 is 9.59 Å². The van der Waals surface area contributed by atoms with E-state index in [1.165, 1.54) is 24.8 Å². The van der Waals surface area contributed by atoms with Crippen LogP contribution in [0, 0.1) is 12.8 Å². The molecule has 0 N–H and O–H groups in total. The summed E-state index contributed by atoms with van der Waals surface area (Å²) in [6.45, 7) is 3.66. The number of carbonyl (C=O) groups excluding carboxylic acids is 2. The topological polar surface area (TPSA) is 56.8 Å². The lowest BCUT2D eigenvalue weighted by Gasteiger charge is -2.51. The van der Waals surface area contributed by atoms with Crippen LogP contribution in [0.3, 0.4) is 0 Å². The molecule has 5 rings (SSSR count). The third-order valence-electron chi connectivity index (χ3n) is 9.12. The van der Waals surface area contributed by atoms with Crippen molar-refractivity contribution in [3.8, 4) is 0 Å². The Bertz CT molecular complexity index is 1070. The number of ketones is 1. The Kier molecular flexibility index (Phi) is 6.90. The third kappa shape index (κ3) is 4.68. The molecule has 1 aromatic heterocycles. The number of Topliss-reactive ketones (excluding diaryl/α,β-unsaturated/α-hetero) is 1. The molecule has 6 nitrogen and oxygen atoms in total. The fraction of sp³-hybridized carbons (Fsp3) is 0.567. The van der Waals surface area contributed by atoms with Crippen LogP contribution in [0.15, 0.2) is 48.7 Å². The molecule has 1 spiro atoms. The maximum Gasteiger partial charge on any atom is 0.321 e. The van der Waals surface area contributed by atoms with Gasteiger partial charge in [-0.1, -0.05) is 42.8 Å². The molecule has 2 amide bonds. The van der Waals surface area contributed by atoms with Gasteiger partial charge in [0.1, 0.15) is 0 Å². The first kappa shape index (κ1) is 24.9. The molecule has 0 unspecified atom stereocenters. The molecule has 1 saturated heterocycles. The Morgan fingerprint density at radius 3 is 2.36 bits per heavy atom. The second-order valence-electron chi connectivity index (χ2n) is 11.6. The van der Waals surface area contributed by atoms with E-state index in [-0.39, 0.29) is 35.9 Å². The SMILES string of the molecule is Cc1ccc(CC(=O)CN2CC3(CCC(c4ccccc4)(N(C)C)CC3)N(CC3CCC3)C2=O)nc1. The maximum atomic E-state index is 13.7. The first-order valence-corrected chi connectivity index (χ1v) is 13.5. The highest BCUT2D eigenvalue weighted by Gasteiger charge is 2.55. The van der Waals surface area contributed by atoms with E-state index >= 15 is 0 Å². The van der Waals surface area contributed by atoms with Gasteiger partial charge in [-0.05, 0) is 82.7 Å². The minimum atomic E-state index is -0.177. The van der Waals surface area contributed by atoms with Crippen LogP contribution in [0.1, 0.15) is 61.8 Å². The molecule has 2 aromatic rings. The lowest BCUT2D eigenvalue weighted by Crippen LogP contribution is -2.56. The highest BCUT2D eigenvalue weighted by Crippen LogP contribution is 2.49. The largest absolute Gasteiger partial charge is 0.321 e. The van der Waals surface area contributed by atoms with Gasteiger partial charge in [-0.15, -0.1) is 0 Å². The van der Waals surface area contributed by atoms with Gasteiger partial charge in [0.05, 0.1) is 18.5 Å². The van der Waals surface area contributed by atoms with Crippen molar-refractivity contribution in [1.82, 2.24) is 19.7 Å². The van der Waals surface area contributed by atoms with E-state index in [0.29, 0.717) is 12.5 Å². The lowest BCUT2D eigenvalue weighted by molar-refractivity contribution is -0.119. The molecular formula is C30H40N4O2. The average Bonchev–Trinajstić information content (AvgIpc) is 3.08. The minimum absolute atomic E-state index is 0.0158. The number of nitrogens with zero attached hydrogens (tertiary/aromatic N) is 4. The molecule has 0 bridgehead atoms. The monoisotopic (exact) mass is 488 g/mol. The first-order valence-electron chi connectivity index (χ1n) is 13.5. The predicted molar refractivity (Wildman–Crippen MR) is 142 cm³/mol. The van der Waals surface area contributed by atoms with E-state index in [1.807, 2.05) is 24.0 Å². The smallest absolute Gasteiger partial charge is 0.317 e. The van der Waals surface area contributed by atoms with Crippen molar-refractivity contribution in [3.05, 3.63) is 65.5 Å². The van der Waals surface area contributed by atoms with Gasteiger partial charge in [-0.3, -0.25) is 14.7 Å². The zero-order valence-corrected chi connectivity index (χ0v) is 22.1. The summed E-state index contributed by atoms with van der Waals surface area (Å²) in [4.78, 5) is 37.5. The zero-order chi connectivity index (χ0) is 25.3. The van der Waals surface area contributed by atoms with Gasteiger partial charge in [0.2, 0.25) is 0 Å². The number of aryl methyl sites for hydroxylation is 1. The predicted octanol–water partition coefficient (Wildman–Crippen LogP) is 4.81. The molecule has 0 atom stereocenters. The van der Waals surface area contributed by atoms with Crippen molar-refractivity contribution in [2.75, 3.05) is 33.7 Å². The standard InChI is InChI=1S/C30H40N4O2/c1-23-12-13-26(31-19-23)18-27(35)21-33-22-29(34(28(33)36)20-24-8-7-9-24)14-16-30(17-15-29,32(2)3)25-10-5-4-6-11-25/h4-6,10-13,19,24H,7-9,14-18,20-22H2,1-3H3. The van der Waals surface area contributed by atoms with Crippen molar-refractivity contribution in [2.45, 2.75) is 69.4 Å². The van der Waals surface area contributed by atoms with Gasteiger partial charge in [-0.2, -0.15) is 0 Å². The van der Waals surface area contributed by atoms with E-state index in [4.69, 9.17) is 0 Å². The normalized spacial score (nSPS) is 26.6. The second-order valence-corrected chi connectivity index (χ2v) is 11.6. The molecule has 3 aliphatic rings. The minimum Gasteiger partial charge on any atom is -0.317 e. The summed E-state index contributed by atoms with van der Waals surface area (Å²) in [7, 11) is 4.36. The summed E-state index contributed by atoms with van der Waals surface area (Å²) in [5.41, 5.74) is 3.02. The molecule has 6 heteroatoms. The number of hydrogen-bond donors (Lipinski definition) is 0. The summed E-state index contributed by atoms with van der Waals surface area (Å²) in [5.74, 6) is 0.663. The molecule has 1 aromatic carbocycles. The molecular weight excluding hydrogens is 448 g/mol. The van der Waals surface area contributed by atoms with E-state index in [9.17, 15) is 9.59 Å². The van der Waals surface area contributed by atoms with Gasteiger partial charge in [-0.25, -0.2) is 4.79 Å². The van der Waals surface area contributed by atoms with Gasteiger partial charge in [0.15, 0.2) is 5.78 Å². The number of rotatable bonds is 8.